The van der Waals surface area contributed by atoms with Crippen molar-refractivity contribution in [3.63, 3.8) is 0 Å². The number of anilines is 2. The number of carbonyl (C=O) groups excluding carboxylic acids is 4. The maximum atomic E-state index is 14.3. The Morgan fingerprint density at radius 2 is 1.70 bits per heavy atom. The summed E-state index contributed by atoms with van der Waals surface area (Å²) in [5.74, 6) is -2.39. The van der Waals surface area contributed by atoms with E-state index < -0.39 is 73.5 Å². The normalized spacial score (nSPS) is 34.9. The highest BCUT2D eigenvalue weighted by Crippen LogP contribution is 2.46. The average Bonchev–Trinajstić information content (AvgIpc) is 3.91. The fraction of sp³-hybridized carbons (Fsp3) is 0.688. The second-order valence-electron chi connectivity index (χ2n) is 14.1. The summed E-state index contributed by atoms with van der Waals surface area (Å²) in [4.78, 5) is 82.1. The molecule has 4 heterocycles. The number of carbonyl (C=O) groups is 4. The summed E-state index contributed by atoms with van der Waals surface area (Å²) in [5, 5.41) is 5.28. The Hall–Kier alpha value is -3.75. The molecular formula is C32H41N5O9S. The van der Waals surface area contributed by atoms with Crippen LogP contribution in [0.3, 0.4) is 0 Å². The number of hydrogen-bond acceptors (Lipinski definition) is 11. The number of nitrogens with zero attached hydrogens (tertiary/aromatic N) is 2. The lowest BCUT2D eigenvalue weighted by atomic mass is 10.0. The number of sulfonamides is 1. The van der Waals surface area contributed by atoms with Crippen molar-refractivity contribution in [3.8, 4) is 0 Å². The third-order valence-electron chi connectivity index (χ3n) is 11.0. The van der Waals surface area contributed by atoms with Crippen molar-refractivity contribution in [3.05, 3.63) is 32.6 Å². The van der Waals surface area contributed by atoms with Gasteiger partial charge in [-0.05, 0) is 64.2 Å². The monoisotopic (exact) mass is 671 g/mol. The second kappa shape index (κ2) is 12.0. The van der Waals surface area contributed by atoms with Gasteiger partial charge in [-0.1, -0.05) is 25.0 Å². The number of ether oxygens (including phenoxy) is 1. The van der Waals surface area contributed by atoms with Gasteiger partial charge in [-0.3, -0.25) is 33.5 Å². The van der Waals surface area contributed by atoms with Crippen LogP contribution in [0.5, 0.6) is 0 Å². The zero-order valence-corrected chi connectivity index (χ0v) is 27.0. The number of fused-ring (bicyclic) bond motifs is 4. The predicted molar refractivity (Wildman–Crippen MR) is 170 cm³/mol. The molecule has 0 aromatic heterocycles. The van der Waals surface area contributed by atoms with Gasteiger partial charge in [0.2, 0.25) is 21.8 Å². The minimum absolute atomic E-state index is 0.0237. The Kier molecular flexibility index (Phi) is 8.16. The predicted octanol–water partition coefficient (Wildman–Crippen LogP) is 0.340. The quantitative estimate of drug-likeness (QED) is 0.196. The smallest absolute Gasteiger partial charge is 0.293 e. The first-order valence-electron chi connectivity index (χ1n) is 16.9. The molecule has 0 unspecified atom stereocenters. The molecule has 5 atom stereocenters. The Labute approximate surface area is 272 Å². The van der Waals surface area contributed by atoms with Crippen LogP contribution in [0.25, 0.3) is 0 Å². The van der Waals surface area contributed by atoms with E-state index in [1.165, 1.54) is 4.90 Å². The molecule has 0 spiro atoms. The molecule has 3 amide bonds. The van der Waals surface area contributed by atoms with Crippen LogP contribution in [0.1, 0.15) is 83.5 Å². The summed E-state index contributed by atoms with van der Waals surface area (Å²) in [6.07, 6.45) is 11.1. The molecule has 3 saturated heterocycles. The molecule has 0 radical (unpaired) electrons. The number of allylic oxidation sites excluding steroid dienone is 1. The zero-order valence-electron chi connectivity index (χ0n) is 26.1. The van der Waals surface area contributed by atoms with Gasteiger partial charge < -0.3 is 25.2 Å². The van der Waals surface area contributed by atoms with Gasteiger partial charge >= 0.3 is 0 Å². The van der Waals surface area contributed by atoms with E-state index in [1.54, 1.807) is 0 Å². The van der Waals surface area contributed by atoms with Gasteiger partial charge in [0.25, 0.3) is 23.2 Å². The number of hydrogen-bond donors (Lipinski definition) is 3. The molecule has 5 fully saturated rings. The van der Waals surface area contributed by atoms with E-state index in [4.69, 9.17) is 4.74 Å². The summed E-state index contributed by atoms with van der Waals surface area (Å²) in [6.45, 7) is 0.177. The van der Waals surface area contributed by atoms with Crippen molar-refractivity contribution in [1.82, 2.24) is 14.9 Å². The first kappa shape index (κ1) is 31.8. The molecule has 1 aromatic carbocycles. The van der Waals surface area contributed by atoms with Crippen molar-refractivity contribution in [2.45, 2.75) is 125 Å². The fourth-order valence-electron chi connectivity index (χ4n) is 8.15. The molecule has 3 N–H and O–H groups in total. The third-order valence-corrected chi connectivity index (χ3v) is 12.8. The van der Waals surface area contributed by atoms with Gasteiger partial charge in [-0.15, -0.1) is 0 Å². The first-order chi connectivity index (χ1) is 22.5. The Balaban J connectivity index is 1.17. The van der Waals surface area contributed by atoms with Gasteiger partial charge in [0, 0.05) is 24.4 Å². The van der Waals surface area contributed by atoms with Crippen LogP contribution in [0.4, 0.5) is 11.4 Å². The highest BCUT2D eigenvalue weighted by Gasteiger charge is 2.62. The summed E-state index contributed by atoms with van der Waals surface area (Å²) in [7, 11) is -3.88. The zero-order chi connectivity index (χ0) is 33.1. The molecule has 2 aliphatic carbocycles. The maximum Gasteiger partial charge on any atom is 0.293 e. The highest BCUT2D eigenvalue weighted by molar-refractivity contribution is 7.91. The van der Waals surface area contributed by atoms with Crippen LogP contribution in [-0.2, 0) is 33.9 Å². The standard InChI is InChI=1S/C32H41N5O9S/c38-17-46-21-14-24-29(41)34-32(31(43)35-47(44,45)22-12-13-22)15-18(32)6-4-2-1-3-5-7-23(30(42)36(24)16-21)33-25-26(28(40)27(25)39)37-19-8-9-20(37)11-10-19/h4,6,17-24,33H,1-3,5,7-16H2,(H,34,41)(H,35,43)/b6-4-/t18-,19?,20?,21-,23+,24+,32-/m1/s1. The van der Waals surface area contributed by atoms with E-state index in [-0.39, 0.29) is 43.6 Å². The van der Waals surface area contributed by atoms with Crippen LogP contribution < -0.4 is 31.1 Å². The lowest BCUT2D eigenvalue weighted by Gasteiger charge is -2.32. The lowest BCUT2D eigenvalue weighted by Crippen LogP contribution is -2.58. The fourth-order valence-corrected chi connectivity index (χ4v) is 9.51. The van der Waals surface area contributed by atoms with Crippen molar-refractivity contribution in [2.75, 3.05) is 16.8 Å². The molecule has 15 heteroatoms. The van der Waals surface area contributed by atoms with Gasteiger partial charge in [-0.25, -0.2) is 8.42 Å². The molecule has 2 saturated carbocycles. The van der Waals surface area contributed by atoms with Crippen molar-refractivity contribution in [2.24, 2.45) is 5.92 Å². The Morgan fingerprint density at radius 1 is 0.979 bits per heavy atom. The number of rotatable bonds is 8. The summed E-state index contributed by atoms with van der Waals surface area (Å²) >= 11 is 0. The molecule has 254 valence electrons. The minimum atomic E-state index is -3.88. The molecule has 6 aliphatic rings. The summed E-state index contributed by atoms with van der Waals surface area (Å²) in [6, 6.07) is -1.66. The SMILES string of the molecule is O=CO[C@@H]1C[C@H]2C(=O)N[C@]3(C(=O)NS(=O)(=O)C4CC4)C[C@H]3/C=C\CCCCC[C@H](Nc3c(N4C5CCC4CC5)c(=O)c3=O)C(=O)N2C1. The summed E-state index contributed by atoms with van der Waals surface area (Å²) < 4.78 is 32.7. The van der Waals surface area contributed by atoms with Crippen LogP contribution in [0, 0.1) is 5.92 Å². The van der Waals surface area contributed by atoms with Crippen LogP contribution in [0.15, 0.2) is 21.7 Å². The molecular weight excluding hydrogens is 630 g/mol. The molecule has 2 bridgehead atoms. The van der Waals surface area contributed by atoms with E-state index in [1.807, 2.05) is 12.2 Å². The number of amides is 3. The van der Waals surface area contributed by atoms with E-state index in [0.29, 0.717) is 37.8 Å². The number of nitrogens with one attached hydrogen (secondary N) is 3. The minimum Gasteiger partial charge on any atom is -0.463 e. The van der Waals surface area contributed by atoms with Crippen LogP contribution in [0.2, 0.25) is 0 Å². The van der Waals surface area contributed by atoms with Gasteiger partial charge in [0.1, 0.15) is 35.1 Å². The van der Waals surface area contributed by atoms with Gasteiger partial charge in [0.05, 0.1) is 11.8 Å². The molecule has 47 heavy (non-hydrogen) atoms. The maximum absolute atomic E-state index is 14.3. The van der Waals surface area contributed by atoms with Crippen molar-refractivity contribution in [1.29, 1.82) is 0 Å². The van der Waals surface area contributed by atoms with Crippen molar-refractivity contribution < 1.29 is 32.3 Å². The molecule has 4 aliphatic heterocycles. The van der Waals surface area contributed by atoms with E-state index in [0.717, 1.165) is 38.5 Å². The van der Waals surface area contributed by atoms with Gasteiger partial charge in [-0.2, -0.15) is 0 Å². The van der Waals surface area contributed by atoms with E-state index in [9.17, 15) is 37.2 Å². The average molecular weight is 672 g/mol. The Morgan fingerprint density at radius 3 is 2.38 bits per heavy atom. The second-order valence-corrected chi connectivity index (χ2v) is 16.0. The van der Waals surface area contributed by atoms with E-state index >= 15 is 0 Å². The largest absolute Gasteiger partial charge is 0.463 e. The first-order valence-corrected chi connectivity index (χ1v) is 18.4. The van der Waals surface area contributed by atoms with Crippen LogP contribution >= 0.6 is 0 Å². The summed E-state index contributed by atoms with van der Waals surface area (Å²) in [5.41, 5.74) is -2.22. The van der Waals surface area contributed by atoms with E-state index in [2.05, 4.69) is 20.3 Å². The topological polar surface area (TPSA) is 188 Å². The van der Waals surface area contributed by atoms with Gasteiger partial charge in [0.15, 0.2) is 0 Å². The van der Waals surface area contributed by atoms with Crippen LogP contribution in [-0.4, -0.2) is 85.1 Å². The third kappa shape index (κ3) is 5.73. The highest BCUT2D eigenvalue weighted by atomic mass is 32.2. The Bertz CT molecular complexity index is 1660. The molecule has 7 rings (SSSR count). The molecule has 14 nitrogen and oxygen atoms in total. The molecule has 1 aromatic rings. The lowest BCUT2D eigenvalue weighted by molar-refractivity contribution is -0.140. The van der Waals surface area contributed by atoms with Crippen molar-refractivity contribution >= 4 is 45.6 Å².